The summed E-state index contributed by atoms with van der Waals surface area (Å²) in [5, 5.41) is 28.7. The molecular formula is C31H36N4O6. The summed E-state index contributed by atoms with van der Waals surface area (Å²) in [4.78, 5) is 47.8. The molecule has 0 aliphatic heterocycles. The third-order valence-electron chi connectivity index (χ3n) is 6.85. The second kappa shape index (κ2) is 15.9. The number of nitro benzene ring substituents is 2. The van der Waals surface area contributed by atoms with Crippen LogP contribution in [0.2, 0.25) is 0 Å². The Bertz CT molecular complexity index is 1280. The van der Waals surface area contributed by atoms with Gasteiger partial charge in [0.2, 0.25) is 5.91 Å². The number of hydrogen-bond acceptors (Lipinski definition) is 6. The van der Waals surface area contributed by atoms with Crippen LogP contribution in [0.5, 0.6) is 0 Å². The van der Waals surface area contributed by atoms with E-state index in [1.807, 2.05) is 36.4 Å². The van der Waals surface area contributed by atoms with Gasteiger partial charge < -0.3 is 10.6 Å². The molecule has 3 rings (SSSR count). The molecule has 216 valence electrons. The average Bonchev–Trinajstić information content (AvgIpc) is 2.98. The highest BCUT2D eigenvalue weighted by molar-refractivity contribution is 5.96. The fourth-order valence-corrected chi connectivity index (χ4v) is 4.69. The Hall–Kier alpha value is -4.60. The normalized spacial score (nSPS) is 12.2. The topological polar surface area (TPSA) is 144 Å². The number of nitrogens with zero attached hydrogens (tertiary/aromatic N) is 2. The van der Waals surface area contributed by atoms with Crippen LogP contribution in [0.15, 0.2) is 78.9 Å². The van der Waals surface area contributed by atoms with Crippen LogP contribution in [0, 0.1) is 20.2 Å². The molecule has 0 spiro atoms. The zero-order valence-corrected chi connectivity index (χ0v) is 23.2. The van der Waals surface area contributed by atoms with Gasteiger partial charge in [-0.2, -0.15) is 0 Å². The number of rotatable bonds is 16. The van der Waals surface area contributed by atoms with Crippen molar-refractivity contribution < 1.29 is 19.4 Å². The first-order chi connectivity index (χ1) is 19.8. The van der Waals surface area contributed by atoms with E-state index < -0.39 is 39.2 Å². The van der Waals surface area contributed by atoms with Crippen molar-refractivity contribution in [2.75, 3.05) is 0 Å². The zero-order chi connectivity index (χ0) is 29.6. The van der Waals surface area contributed by atoms with Gasteiger partial charge in [0.1, 0.15) is 0 Å². The molecule has 0 fully saturated rings. The van der Waals surface area contributed by atoms with Crippen LogP contribution in [-0.4, -0.2) is 21.7 Å². The molecule has 10 nitrogen and oxygen atoms in total. The predicted octanol–water partition coefficient (Wildman–Crippen LogP) is 6.97. The third-order valence-corrected chi connectivity index (χ3v) is 6.85. The largest absolute Gasteiger partial charge is 0.347 e. The van der Waals surface area contributed by atoms with E-state index in [0.717, 1.165) is 49.4 Å². The summed E-state index contributed by atoms with van der Waals surface area (Å²) >= 11 is 0. The van der Waals surface area contributed by atoms with Gasteiger partial charge in [-0.05, 0) is 17.5 Å². The summed E-state index contributed by atoms with van der Waals surface area (Å²) < 4.78 is 0. The van der Waals surface area contributed by atoms with Gasteiger partial charge in [0.25, 0.3) is 17.3 Å². The summed E-state index contributed by atoms with van der Waals surface area (Å²) in [5.74, 6) is -0.901. The fourth-order valence-electron chi connectivity index (χ4n) is 4.69. The summed E-state index contributed by atoms with van der Waals surface area (Å²) in [6.45, 7) is 2.17. The van der Waals surface area contributed by atoms with Crippen LogP contribution in [-0.2, 0) is 4.79 Å². The lowest BCUT2D eigenvalue weighted by atomic mass is 9.92. The lowest BCUT2D eigenvalue weighted by molar-refractivity contribution is -0.394. The number of carbonyl (C=O) groups is 2. The lowest BCUT2D eigenvalue weighted by Gasteiger charge is -2.30. The van der Waals surface area contributed by atoms with Crippen LogP contribution >= 0.6 is 0 Å². The van der Waals surface area contributed by atoms with Gasteiger partial charge in [0.05, 0.1) is 33.6 Å². The minimum absolute atomic E-state index is 0.159. The Morgan fingerprint density at radius 1 is 0.683 bits per heavy atom. The van der Waals surface area contributed by atoms with Crippen molar-refractivity contribution in [1.29, 1.82) is 0 Å². The highest BCUT2D eigenvalue weighted by atomic mass is 16.6. The molecule has 3 aromatic rings. The Morgan fingerprint density at radius 3 is 1.63 bits per heavy atom. The second-order valence-corrected chi connectivity index (χ2v) is 9.94. The molecule has 2 amide bonds. The molecule has 2 N–H and O–H groups in total. The Labute approximate surface area is 239 Å². The van der Waals surface area contributed by atoms with Crippen LogP contribution in [0.25, 0.3) is 0 Å². The fraction of sp³-hybridized carbons (Fsp3) is 0.355. The van der Waals surface area contributed by atoms with Crippen LogP contribution < -0.4 is 10.6 Å². The highest BCUT2D eigenvalue weighted by Crippen LogP contribution is 2.31. The molecule has 0 aliphatic carbocycles. The van der Waals surface area contributed by atoms with E-state index in [9.17, 15) is 29.8 Å². The molecule has 2 atom stereocenters. The molecule has 0 aliphatic rings. The van der Waals surface area contributed by atoms with E-state index >= 15 is 0 Å². The van der Waals surface area contributed by atoms with Gasteiger partial charge in [-0.3, -0.25) is 29.8 Å². The zero-order valence-electron chi connectivity index (χ0n) is 23.2. The smallest absolute Gasteiger partial charge is 0.277 e. The SMILES string of the molecule is CCCCCCCCCC(=O)NC(c1ccccc1)C(NC(=O)c1cc([N+](=O)[O-])cc([N+](=O)[O-])c1)c1ccccc1. The molecule has 10 heteroatoms. The lowest BCUT2D eigenvalue weighted by Crippen LogP contribution is -2.40. The molecular weight excluding hydrogens is 524 g/mol. The van der Waals surface area contributed by atoms with E-state index in [2.05, 4.69) is 17.6 Å². The first-order valence-electron chi connectivity index (χ1n) is 13.9. The molecule has 0 aromatic heterocycles. The molecule has 2 unspecified atom stereocenters. The molecule has 0 radical (unpaired) electrons. The summed E-state index contributed by atoms with van der Waals surface area (Å²) in [7, 11) is 0. The standard InChI is InChI=1S/C31H36N4O6/c1-2-3-4-5-6-7-14-19-28(36)32-29(23-15-10-8-11-16-23)30(24-17-12-9-13-18-24)33-31(37)25-20-26(34(38)39)22-27(21-25)35(40)41/h8-13,15-18,20-22,29-30H,2-7,14,19H2,1H3,(H,32,36)(H,33,37). The van der Waals surface area contributed by atoms with Crippen LogP contribution in [0.4, 0.5) is 11.4 Å². The van der Waals surface area contributed by atoms with E-state index in [1.165, 1.54) is 19.3 Å². The number of carbonyl (C=O) groups excluding carboxylic acids is 2. The van der Waals surface area contributed by atoms with Crippen LogP contribution in [0.1, 0.15) is 91.9 Å². The van der Waals surface area contributed by atoms with Gasteiger partial charge in [-0.25, -0.2) is 0 Å². The molecule has 0 saturated heterocycles. The van der Waals surface area contributed by atoms with Crippen molar-refractivity contribution in [3.8, 4) is 0 Å². The summed E-state index contributed by atoms with van der Waals surface area (Å²) in [6, 6.07) is 19.6. The Balaban J connectivity index is 1.88. The minimum Gasteiger partial charge on any atom is -0.347 e. The van der Waals surface area contributed by atoms with Gasteiger partial charge >= 0.3 is 0 Å². The number of nitro groups is 2. The summed E-state index contributed by atoms with van der Waals surface area (Å²) in [6.07, 6.45) is 7.87. The van der Waals surface area contributed by atoms with Gasteiger partial charge in [0.15, 0.2) is 0 Å². The average molecular weight is 561 g/mol. The minimum atomic E-state index is -0.782. The quantitative estimate of drug-likeness (QED) is 0.110. The monoisotopic (exact) mass is 560 g/mol. The number of non-ortho nitro benzene ring substituents is 2. The van der Waals surface area contributed by atoms with E-state index in [4.69, 9.17) is 0 Å². The number of amides is 2. The Kier molecular flexibility index (Phi) is 12.0. The molecule has 0 heterocycles. The molecule has 3 aromatic carbocycles. The maximum Gasteiger partial charge on any atom is 0.277 e. The van der Waals surface area contributed by atoms with Crippen molar-refractivity contribution in [1.82, 2.24) is 10.6 Å². The maximum atomic E-state index is 13.4. The Morgan fingerprint density at radius 2 is 1.15 bits per heavy atom. The molecule has 0 bridgehead atoms. The summed E-state index contributed by atoms with van der Waals surface area (Å²) in [5.41, 5.74) is 0.0740. The van der Waals surface area contributed by atoms with Gasteiger partial charge in [-0.1, -0.05) is 106 Å². The van der Waals surface area contributed by atoms with E-state index in [-0.39, 0.29) is 11.5 Å². The van der Waals surface area contributed by atoms with Gasteiger partial charge in [-0.15, -0.1) is 0 Å². The number of unbranched alkanes of at least 4 members (excludes halogenated alkanes) is 6. The van der Waals surface area contributed by atoms with Gasteiger partial charge in [0, 0.05) is 18.6 Å². The first-order valence-corrected chi connectivity index (χ1v) is 13.9. The highest BCUT2D eigenvalue weighted by Gasteiger charge is 2.29. The second-order valence-electron chi connectivity index (χ2n) is 9.94. The number of hydrogen-bond donors (Lipinski definition) is 2. The van der Waals surface area contributed by atoms with Crippen molar-refractivity contribution in [3.63, 3.8) is 0 Å². The van der Waals surface area contributed by atoms with Crippen molar-refractivity contribution in [2.24, 2.45) is 0 Å². The van der Waals surface area contributed by atoms with Crippen molar-refractivity contribution in [2.45, 2.75) is 70.4 Å². The van der Waals surface area contributed by atoms with Crippen molar-refractivity contribution in [3.05, 3.63) is 116 Å². The third kappa shape index (κ3) is 9.52. The first kappa shape index (κ1) is 30.9. The van der Waals surface area contributed by atoms with E-state index in [0.29, 0.717) is 12.0 Å². The number of benzene rings is 3. The van der Waals surface area contributed by atoms with Crippen LogP contribution in [0.3, 0.4) is 0 Å². The molecule has 0 saturated carbocycles. The van der Waals surface area contributed by atoms with E-state index in [1.54, 1.807) is 24.3 Å². The predicted molar refractivity (Wildman–Crippen MR) is 156 cm³/mol. The number of nitrogens with one attached hydrogen (secondary N) is 2. The maximum absolute atomic E-state index is 13.4. The molecule has 41 heavy (non-hydrogen) atoms. The van der Waals surface area contributed by atoms with Crippen molar-refractivity contribution >= 4 is 23.2 Å².